The number of alkyl halides is 5. The molecule has 0 aliphatic carbocycles. The van der Waals surface area contributed by atoms with Crippen molar-refractivity contribution in [2.45, 2.75) is 146 Å². The molecule has 0 aromatic heterocycles. The number of nitrogens with one attached hydrogen (secondary N) is 1. The third-order valence-corrected chi connectivity index (χ3v) is 10.8. The van der Waals surface area contributed by atoms with E-state index in [4.69, 9.17) is 57.5 Å². The van der Waals surface area contributed by atoms with Gasteiger partial charge < -0.3 is 44.7 Å². The van der Waals surface area contributed by atoms with Crippen molar-refractivity contribution < 1.29 is 71.7 Å². The lowest BCUT2D eigenvalue weighted by Crippen LogP contribution is -2.50. The summed E-state index contributed by atoms with van der Waals surface area (Å²) in [7, 11) is 0. The van der Waals surface area contributed by atoms with Gasteiger partial charge in [-0.1, -0.05) is 83.9 Å². The number of hydrogen-bond acceptors (Lipinski definition) is 11. The van der Waals surface area contributed by atoms with E-state index in [9.17, 15) is 37.5 Å². The van der Waals surface area contributed by atoms with Gasteiger partial charge in [-0.25, -0.2) is 27.6 Å². The fourth-order valence-corrected chi connectivity index (χ4v) is 7.43. The molecule has 0 saturated carbocycles. The van der Waals surface area contributed by atoms with E-state index in [1.807, 2.05) is 0 Å². The molecule has 0 spiro atoms. The summed E-state index contributed by atoms with van der Waals surface area (Å²) in [5, 5.41) is 39.2. The van der Waals surface area contributed by atoms with Crippen molar-refractivity contribution in [1.29, 1.82) is 0 Å². The molecule has 2 fully saturated rings. The van der Waals surface area contributed by atoms with Gasteiger partial charge in [0.1, 0.15) is 61.0 Å². The average molecular weight is 1000 g/mol. The second-order valence-corrected chi connectivity index (χ2v) is 20.0. The van der Waals surface area contributed by atoms with Gasteiger partial charge >= 0.3 is 18.2 Å². The summed E-state index contributed by atoms with van der Waals surface area (Å²) in [6, 6.07) is 16.6. The molecule has 5 N–H and O–H groups in total. The van der Waals surface area contributed by atoms with Crippen LogP contribution in [0.2, 0.25) is 0 Å². The highest BCUT2D eigenvalue weighted by Crippen LogP contribution is 2.43. The van der Waals surface area contributed by atoms with Gasteiger partial charge in [-0.05, 0) is 109 Å². The molecule has 20 heteroatoms. The molecule has 6 atom stereocenters. The van der Waals surface area contributed by atoms with Crippen molar-refractivity contribution in [3.63, 3.8) is 0 Å². The molecule has 0 radical (unpaired) electrons. The third kappa shape index (κ3) is 15.7. The number of benzene rings is 3. The Morgan fingerprint density at radius 1 is 0.691 bits per heavy atom. The number of aliphatic hydroxyl groups excluding tert-OH is 3. The van der Waals surface area contributed by atoms with Crippen molar-refractivity contribution >= 4 is 47.3 Å². The molecule has 15 nitrogen and oxygen atoms in total. The standard InChI is InChI=1S/C18H24FNO5.C18H26FNO4.C12H14Cl2FNO3/c1-17(2,3)25-16(23)20-13(10-19)14(24-18(20,4)5)11-6-8-12(9-7-11)15(21)22;1-17(2,3)24-16(22)20-14(10-19)15(23-18(20,4)5)13-8-6-12(11-21)7-9-13;13-11(14)12(19)16-9(5-15)10(18)8-3-1-7(6-17)2-4-8/h6-9,13-14H,10H2,1-5H3,(H,21,22);6-9,14-15,21H,10-11H2,1-5H3;1-4,9-11,17-18H,5-6H2,(H,16,19)/t13-,14-;14-,15-;9-,10-/m111/s1. The average Bonchev–Trinajstić information content (AvgIpc) is 3.72. The minimum Gasteiger partial charge on any atom is -0.478 e. The normalized spacial score (nSPS) is 20.6. The molecule has 2 aliphatic rings. The predicted octanol–water partition coefficient (Wildman–Crippen LogP) is 8.80. The molecule has 0 unspecified atom stereocenters. The Kier molecular flexibility index (Phi) is 20.5. The zero-order chi connectivity index (χ0) is 51.5. The minimum atomic E-state index is -1.32. The first-order valence-corrected chi connectivity index (χ1v) is 22.5. The highest BCUT2D eigenvalue weighted by Gasteiger charge is 2.53. The summed E-state index contributed by atoms with van der Waals surface area (Å²) in [4.78, 5) is 48.6. The van der Waals surface area contributed by atoms with E-state index in [-0.39, 0.29) is 18.8 Å². The number of amides is 3. The maximum Gasteiger partial charge on any atom is 0.413 e. The monoisotopic (exact) mass is 1000 g/mol. The van der Waals surface area contributed by atoms with Gasteiger partial charge in [-0.3, -0.25) is 14.6 Å². The summed E-state index contributed by atoms with van der Waals surface area (Å²) in [6.07, 6.45) is -3.77. The summed E-state index contributed by atoms with van der Waals surface area (Å²) >= 11 is 10.7. The van der Waals surface area contributed by atoms with E-state index in [0.717, 1.165) is 11.1 Å². The minimum absolute atomic E-state index is 0.0616. The predicted molar refractivity (Wildman–Crippen MR) is 248 cm³/mol. The number of rotatable bonds is 12. The molecule has 378 valence electrons. The molecule has 2 saturated heterocycles. The quantitative estimate of drug-likeness (QED) is 0.108. The van der Waals surface area contributed by atoms with Crippen LogP contribution in [0.3, 0.4) is 0 Å². The van der Waals surface area contributed by atoms with E-state index >= 15 is 0 Å². The van der Waals surface area contributed by atoms with Crippen LogP contribution >= 0.6 is 23.2 Å². The number of hydrogen-bond donors (Lipinski definition) is 5. The lowest BCUT2D eigenvalue weighted by Gasteiger charge is -2.34. The van der Waals surface area contributed by atoms with Crippen molar-refractivity contribution in [1.82, 2.24) is 15.1 Å². The summed E-state index contributed by atoms with van der Waals surface area (Å²) in [5.41, 5.74) is -0.0998. The fraction of sp³-hybridized carbons (Fsp3) is 0.542. The Balaban J connectivity index is 0.000000273. The largest absolute Gasteiger partial charge is 0.478 e. The molecule has 3 aromatic carbocycles. The lowest BCUT2D eigenvalue weighted by molar-refractivity contribution is -0.121. The molecule has 68 heavy (non-hydrogen) atoms. The molecule has 2 aliphatic heterocycles. The molecular weight excluding hydrogens is 938 g/mol. The van der Waals surface area contributed by atoms with Crippen LogP contribution in [0, 0.1) is 0 Å². The molecule has 3 amide bonds. The topological polar surface area (TPSA) is 205 Å². The van der Waals surface area contributed by atoms with Crippen molar-refractivity contribution in [2.24, 2.45) is 0 Å². The van der Waals surface area contributed by atoms with Gasteiger partial charge in [0.15, 0.2) is 4.84 Å². The summed E-state index contributed by atoms with van der Waals surface area (Å²) < 4.78 is 63.2. The number of nitrogens with zero attached hydrogens (tertiary/aromatic N) is 2. The Hall–Kier alpha value is -4.69. The first kappa shape index (κ1) is 57.6. The third-order valence-electron chi connectivity index (χ3n) is 10.4. The SMILES string of the molecule is CC(C)(C)OC(=O)N1[C@H](CF)[C@@H](c2ccc(C(=O)O)cc2)OC1(C)C.CC(C)(C)OC(=O)N1[C@H](CF)[C@@H](c2ccc(CO)cc2)OC1(C)C.O=C(N[C@H](CF)[C@H](O)c1ccc(CO)cc1)C(Cl)Cl. The van der Waals surface area contributed by atoms with Gasteiger partial charge in [-0.2, -0.15) is 0 Å². The van der Waals surface area contributed by atoms with E-state index in [1.54, 1.807) is 130 Å². The number of aromatic carboxylic acids is 1. The fourth-order valence-electron chi connectivity index (χ4n) is 7.30. The zero-order valence-corrected chi connectivity index (χ0v) is 41.4. The number of aliphatic hydroxyl groups is 3. The maximum absolute atomic E-state index is 13.8. The number of carboxylic acid groups (broad SMARTS) is 1. The number of halogens is 5. The van der Waals surface area contributed by atoms with Gasteiger partial charge in [0.05, 0.1) is 36.9 Å². The second-order valence-electron chi connectivity index (χ2n) is 18.9. The second kappa shape index (κ2) is 24.2. The van der Waals surface area contributed by atoms with Crippen LogP contribution in [-0.2, 0) is 37.0 Å². The van der Waals surface area contributed by atoms with Crippen LogP contribution in [0.1, 0.15) is 126 Å². The van der Waals surface area contributed by atoms with Crippen LogP contribution in [0.25, 0.3) is 0 Å². The van der Waals surface area contributed by atoms with E-state index in [0.29, 0.717) is 16.7 Å². The molecule has 3 aromatic rings. The first-order chi connectivity index (χ1) is 31.5. The number of carbonyl (C=O) groups is 4. The van der Waals surface area contributed by atoms with E-state index < -0.39 is 108 Å². The highest BCUT2D eigenvalue weighted by atomic mass is 35.5. The lowest BCUT2D eigenvalue weighted by atomic mass is 10.0. The number of carbonyl (C=O) groups excluding carboxylic acids is 3. The number of ether oxygens (including phenoxy) is 4. The smallest absolute Gasteiger partial charge is 0.413 e. The Labute approximate surface area is 405 Å². The maximum atomic E-state index is 13.8. The summed E-state index contributed by atoms with van der Waals surface area (Å²) in [5.74, 6) is -1.81. The van der Waals surface area contributed by atoms with Crippen LogP contribution in [0.15, 0.2) is 72.8 Å². The van der Waals surface area contributed by atoms with Gasteiger partial charge in [-0.15, -0.1) is 0 Å². The van der Waals surface area contributed by atoms with Crippen LogP contribution in [0.4, 0.5) is 22.8 Å². The molecular formula is C48H64Cl2F3N3O12. The molecule has 5 rings (SSSR count). The summed E-state index contributed by atoms with van der Waals surface area (Å²) in [6.45, 7) is 14.6. The first-order valence-electron chi connectivity index (χ1n) is 21.6. The van der Waals surface area contributed by atoms with Crippen LogP contribution < -0.4 is 5.32 Å². The van der Waals surface area contributed by atoms with Crippen LogP contribution in [-0.4, -0.2) is 120 Å². The van der Waals surface area contributed by atoms with Gasteiger partial charge in [0.2, 0.25) is 0 Å². The zero-order valence-electron chi connectivity index (χ0n) is 39.8. The van der Waals surface area contributed by atoms with E-state index in [1.165, 1.54) is 21.9 Å². The Morgan fingerprint density at radius 2 is 1.06 bits per heavy atom. The Bertz CT molecular complexity index is 2120. The molecule has 2 heterocycles. The van der Waals surface area contributed by atoms with Crippen molar-refractivity contribution in [3.05, 3.63) is 106 Å². The number of carboxylic acids is 1. The van der Waals surface area contributed by atoms with Gasteiger partial charge in [0.25, 0.3) is 5.91 Å². The van der Waals surface area contributed by atoms with Crippen molar-refractivity contribution in [3.8, 4) is 0 Å². The van der Waals surface area contributed by atoms with Crippen LogP contribution in [0.5, 0.6) is 0 Å². The van der Waals surface area contributed by atoms with Crippen molar-refractivity contribution in [2.75, 3.05) is 20.0 Å². The van der Waals surface area contributed by atoms with Gasteiger partial charge in [0, 0.05) is 0 Å². The molecule has 0 bridgehead atoms. The highest BCUT2D eigenvalue weighted by molar-refractivity contribution is 6.53. The van der Waals surface area contributed by atoms with E-state index in [2.05, 4.69) is 5.32 Å². The Morgan fingerprint density at radius 3 is 1.37 bits per heavy atom.